The van der Waals surface area contributed by atoms with Gasteiger partial charge in [0.1, 0.15) is 4.83 Å². The Morgan fingerprint density at radius 3 is 2.76 bits per heavy atom. The minimum atomic E-state index is 0.0660. The van der Waals surface area contributed by atoms with E-state index in [1.165, 1.54) is 12.8 Å². The zero-order chi connectivity index (χ0) is 19.8. The molecule has 0 aromatic carbocycles. The normalized spacial score (nSPS) is 21.0. The molecule has 3 aliphatic rings. The predicted molar refractivity (Wildman–Crippen MR) is 112 cm³/mol. The third-order valence-corrected chi connectivity index (χ3v) is 7.73. The minimum Gasteiger partial charge on any atom is -0.379 e. The SMILES string of the molecule is O=C(C1CCCC1)N1CCc2c(sc3ncn(CCN4CCOCC4)c(=O)c23)C1. The molecular weight excluding hydrogens is 388 g/mol. The standard InChI is InChI=1S/C21H28N4O3S/c26-20(15-3-1-2-4-15)24-6-5-16-17(13-24)29-19-18(16)21(27)25(14-22-19)8-7-23-9-11-28-12-10-23/h14-15H,1-13H2. The summed E-state index contributed by atoms with van der Waals surface area (Å²) in [4.78, 5) is 36.9. The topological polar surface area (TPSA) is 67.7 Å². The molecular formula is C21H28N4O3S. The van der Waals surface area contributed by atoms with E-state index in [0.29, 0.717) is 19.0 Å². The first-order valence-electron chi connectivity index (χ1n) is 10.8. The lowest BCUT2D eigenvalue weighted by Gasteiger charge is -2.29. The maximum atomic E-state index is 13.2. The summed E-state index contributed by atoms with van der Waals surface area (Å²) in [6.45, 7) is 6.22. The number of carbonyl (C=O) groups excluding carboxylic acids is 1. The quantitative estimate of drug-likeness (QED) is 0.761. The van der Waals surface area contributed by atoms with Gasteiger partial charge in [-0.15, -0.1) is 11.3 Å². The molecule has 0 atom stereocenters. The van der Waals surface area contributed by atoms with Crippen molar-refractivity contribution in [3.8, 4) is 0 Å². The van der Waals surface area contributed by atoms with Crippen LogP contribution in [0.1, 0.15) is 36.1 Å². The van der Waals surface area contributed by atoms with E-state index in [0.717, 1.165) is 79.3 Å². The van der Waals surface area contributed by atoms with Gasteiger partial charge in [0.2, 0.25) is 5.91 Å². The summed E-state index contributed by atoms with van der Waals surface area (Å²) in [7, 11) is 0. The fourth-order valence-corrected chi connectivity index (χ4v) is 6.06. The third kappa shape index (κ3) is 3.73. The van der Waals surface area contributed by atoms with Crippen LogP contribution in [0.15, 0.2) is 11.1 Å². The summed E-state index contributed by atoms with van der Waals surface area (Å²) in [6.07, 6.45) is 6.86. The van der Waals surface area contributed by atoms with Crippen molar-refractivity contribution in [2.45, 2.75) is 45.2 Å². The van der Waals surface area contributed by atoms with Crippen LogP contribution in [0.25, 0.3) is 10.2 Å². The van der Waals surface area contributed by atoms with Crippen molar-refractivity contribution in [3.05, 3.63) is 27.1 Å². The number of hydrogen-bond donors (Lipinski definition) is 0. The highest BCUT2D eigenvalue weighted by Gasteiger charge is 2.31. The Morgan fingerprint density at radius 1 is 1.17 bits per heavy atom. The van der Waals surface area contributed by atoms with Gasteiger partial charge < -0.3 is 9.64 Å². The molecule has 2 fully saturated rings. The Bertz CT molecular complexity index is 957. The number of ether oxygens (including phenoxy) is 1. The largest absolute Gasteiger partial charge is 0.379 e. The van der Waals surface area contributed by atoms with E-state index in [9.17, 15) is 9.59 Å². The molecule has 0 N–H and O–H groups in total. The molecule has 8 heteroatoms. The molecule has 0 radical (unpaired) electrons. The van der Waals surface area contributed by atoms with Crippen molar-refractivity contribution in [1.82, 2.24) is 19.4 Å². The van der Waals surface area contributed by atoms with Gasteiger partial charge in [-0.05, 0) is 24.8 Å². The van der Waals surface area contributed by atoms with Gasteiger partial charge in [0, 0.05) is 43.5 Å². The van der Waals surface area contributed by atoms with Crippen molar-refractivity contribution in [3.63, 3.8) is 0 Å². The molecule has 1 aliphatic carbocycles. The average molecular weight is 417 g/mol. The van der Waals surface area contributed by atoms with Crippen LogP contribution in [0.5, 0.6) is 0 Å². The molecule has 5 rings (SSSR count). The lowest BCUT2D eigenvalue weighted by Crippen LogP contribution is -2.39. The molecule has 2 aromatic rings. The Balaban J connectivity index is 1.35. The van der Waals surface area contributed by atoms with Gasteiger partial charge in [0.15, 0.2) is 0 Å². The first-order valence-corrected chi connectivity index (χ1v) is 11.6. The van der Waals surface area contributed by atoms with Crippen LogP contribution in [0.3, 0.4) is 0 Å². The molecule has 7 nitrogen and oxygen atoms in total. The second-order valence-electron chi connectivity index (χ2n) is 8.37. The van der Waals surface area contributed by atoms with Gasteiger partial charge in [-0.2, -0.15) is 0 Å². The molecule has 1 amide bonds. The number of hydrogen-bond acceptors (Lipinski definition) is 6. The molecule has 1 saturated heterocycles. The van der Waals surface area contributed by atoms with E-state index in [2.05, 4.69) is 9.88 Å². The lowest BCUT2D eigenvalue weighted by molar-refractivity contribution is -0.136. The first kappa shape index (κ1) is 19.2. The molecule has 2 aliphatic heterocycles. The van der Waals surface area contributed by atoms with Crippen molar-refractivity contribution in [2.24, 2.45) is 5.92 Å². The van der Waals surface area contributed by atoms with Gasteiger partial charge in [-0.3, -0.25) is 19.1 Å². The Labute approximate surface area is 174 Å². The fourth-order valence-electron chi connectivity index (χ4n) is 4.87. The van der Waals surface area contributed by atoms with Crippen LogP contribution in [0.4, 0.5) is 0 Å². The van der Waals surface area contributed by atoms with Crippen LogP contribution >= 0.6 is 11.3 Å². The number of thiophene rings is 1. The second kappa shape index (κ2) is 8.16. The maximum Gasteiger partial charge on any atom is 0.262 e. The minimum absolute atomic E-state index is 0.0660. The summed E-state index contributed by atoms with van der Waals surface area (Å²) in [5.41, 5.74) is 1.19. The Hall–Kier alpha value is -1.77. The van der Waals surface area contributed by atoms with E-state index < -0.39 is 0 Å². The number of amides is 1. The van der Waals surface area contributed by atoms with Gasteiger partial charge in [0.05, 0.1) is 31.5 Å². The van der Waals surface area contributed by atoms with Gasteiger partial charge in [-0.1, -0.05) is 12.8 Å². The monoisotopic (exact) mass is 416 g/mol. The number of morpholine rings is 1. The maximum absolute atomic E-state index is 13.2. The van der Waals surface area contributed by atoms with E-state index >= 15 is 0 Å². The summed E-state index contributed by atoms with van der Waals surface area (Å²) in [6, 6.07) is 0. The summed E-state index contributed by atoms with van der Waals surface area (Å²) in [5.74, 6) is 0.517. The molecule has 29 heavy (non-hydrogen) atoms. The fraction of sp³-hybridized carbons (Fsp3) is 0.667. The molecule has 156 valence electrons. The number of carbonyl (C=O) groups is 1. The molecule has 2 aromatic heterocycles. The summed E-state index contributed by atoms with van der Waals surface area (Å²) < 4.78 is 7.14. The highest BCUT2D eigenvalue weighted by molar-refractivity contribution is 7.18. The van der Waals surface area contributed by atoms with Crippen LogP contribution in [-0.2, 0) is 29.0 Å². The second-order valence-corrected chi connectivity index (χ2v) is 9.46. The predicted octanol–water partition coefficient (Wildman–Crippen LogP) is 1.87. The first-order chi connectivity index (χ1) is 14.2. The number of nitrogens with zero attached hydrogens (tertiary/aromatic N) is 4. The van der Waals surface area contributed by atoms with Crippen molar-refractivity contribution in [1.29, 1.82) is 0 Å². The van der Waals surface area contributed by atoms with Crippen LogP contribution < -0.4 is 5.56 Å². The van der Waals surface area contributed by atoms with E-state index in [1.807, 2.05) is 4.90 Å². The Kier molecular flexibility index (Phi) is 5.41. The van der Waals surface area contributed by atoms with E-state index in [4.69, 9.17) is 4.74 Å². The lowest BCUT2D eigenvalue weighted by atomic mass is 10.0. The third-order valence-electron chi connectivity index (χ3n) is 6.60. The number of aromatic nitrogens is 2. The Morgan fingerprint density at radius 2 is 1.97 bits per heavy atom. The van der Waals surface area contributed by atoms with Crippen molar-refractivity contribution in [2.75, 3.05) is 39.4 Å². The van der Waals surface area contributed by atoms with E-state index in [-0.39, 0.29) is 11.5 Å². The molecule has 0 unspecified atom stereocenters. The van der Waals surface area contributed by atoms with Gasteiger partial charge >= 0.3 is 0 Å². The molecule has 0 bridgehead atoms. The van der Waals surface area contributed by atoms with Gasteiger partial charge in [-0.25, -0.2) is 4.98 Å². The molecule has 1 saturated carbocycles. The average Bonchev–Trinajstić information content (AvgIpc) is 3.41. The molecule has 4 heterocycles. The highest BCUT2D eigenvalue weighted by Crippen LogP contribution is 2.34. The van der Waals surface area contributed by atoms with E-state index in [1.54, 1.807) is 22.2 Å². The zero-order valence-corrected chi connectivity index (χ0v) is 17.6. The van der Waals surface area contributed by atoms with Crippen molar-refractivity contribution >= 4 is 27.5 Å². The molecule has 0 spiro atoms. The van der Waals surface area contributed by atoms with Crippen LogP contribution in [-0.4, -0.2) is 64.7 Å². The van der Waals surface area contributed by atoms with Crippen LogP contribution in [0.2, 0.25) is 0 Å². The van der Waals surface area contributed by atoms with Crippen LogP contribution in [0, 0.1) is 5.92 Å². The smallest absolute Gasteiger partial charge is 0.262 e. The summed E-state index contributed by atoms with van der Waals surface area (Å²) in [5, 5.41) is 0.780. The summed E-state index contributed by atoms with van der Waals surface area (Å²) >= 11 is 1.59. The van der Waals surface area contributed by atoms with Crippen molar-refractivity contribution < 1.29 is 9.53 Å². The number of fused-ring (bicyclic) bond motifs is 3. The zero-order valence-electron chi connectivity index (χ0n) is 16.8. The highest BCUT2D eigenvalue weighted by atomic mass is 32.1. The number of rotatable bonds is 4. The van der Waals surface area contributed by atoms with Gasteiger partial charge in [0.25, 0.3) is 5.56 Å².